The Kier molecular flexibility index (Phi) is 4.81. The number of benzene rings is 1. The zero-order chi connectivity index (χ0) is 14.7. The van der Waals surface area contributed by atoms with Gasteiger partial charge in [0.1, 0.15) is 0 Å². The molecule has 3 nitrogen and oxygen atoms in total. The monoisotopic (exact) mass is 274 g/mol. The first-order valence-electron chi connectivity index (χ1n) is 7.67. The number of amides is 1. The number of hydrogen-bond acceptors (Lipinski definition) is 2. The summed E-state index contributed by atoms with van der Waals surface area (Å²) in [6.07, 6.45) is 2.86. The molecule has 0 radical (unpaired) electrons. The molecule has 2 N–H and O–H groups in total. The van der Waals surface area contributed by atoms with Gasteiger partial charge in [0.2, 0.25) is 5.91 Å². The van der Waals surface area contributed by atoms with Crippen LogP contribution < -0.4 is 5.73 Å². The lowest BCUT2D eigenvalue weighted by molar-refractivity contribution is -0.135. The van der Waals surface area contributed by atoms with Crippen LogP contribution in [0.15, 0.2) is 24.3 Å². The van der Waals surface area contributed by atoms with Gasteiger partial charge in [0.05, 0.1) is 5.92 Å². The SMILES string of the molecule is CCc1ccc([C@H](C)C(=O)N2CC[C@H](N)C[C@@H]2C)cc1. The number of carbonyl (C=O) groups is 1. The highest BCUT2D eigenvalue weighted by Gasteiger charge is 2.30. The predicted molar refractivity (Wildman–Crippen MR) is 82.6 cm³/mol. The van der Waals surface area contributed by atoms with Crippen molar-refractivity contribution in [1.29, 1.82) is 0 Å². The maximum atomic E-state index is 12.7. The number of likely N-dealkylation sites (tertiary alicyclic amines) is 1. The van der Waals surface area contributed by atoms with Crippen molar-refractivity contribution >= 4 is 5.91 Å². The molecule has 0 aromatic heterocycles. The van der Waals surface area contributed by atoms with E-state index in [1.54, 1.807) is 0 Å². The molecule has 1 aromatic carbocycles. The third kappa shape index (κ3) is 3.21. The fourth-order valence-electron chi connectivity index (χ4n) is 2.97. The van der Waals surface area contributed by atoms with Crippen LogP contribution >= 0.6 is 0 Å². The van der Waals surface area contributed by atoms with E-state index in [0.717, 1.165) is 31.4 Å². The first kappa shape index (κ1) is 15.0. The fourth-order valence-corrected chi connectivity index (χ4v) is 2.97. The van der Waals surface area contributed by atoms with E-state index in [1.165, 1.54) is 5.56 Å². The van der Waals surface area contributed by atoms with Gasteiger partial charge in [-0.25, -0.2) is 0 Å². The smallest absolute Gasteiger partial charge is 0.230 e. The Bertz CT molecular complexity index is 455. The van der Waals surface area contributed by atoms with Gasteiger partial charge in [-0.1, -0.05) is 31.2 Å². The van der Waals surface area contributed by atoms with Crippen molar-refractivity contribution in [3.05, 3.63) is 35.4 Å². The number of hydrogen-bond donors (Lipinski definition) is 1. The lowest BCUT2D eigenvalue weighted by Gasteiger charge is -2.38. The molecule has 110 valence electrons. The number of aryl methyl sites for hydroxylation is 1. The zero-order valence-corrected chi connectivity index (χ0v) is 12.8. The van der Waals surface area contributed by atoms with E-state index in [9.17, 15) is 4.79 Å². The van der Waals surface area contributed by atoms with Gasteiger partial charge < -0.3 is 10.6 Å². The van der Waals surface area contributed by atoms with Crippen molar-refractivity contribution in [3.8, 4) is 0 Å². The average molecular weight is 274 g/mol. The molecule has 3 heteroatoms. The Balaban J connectivity index is 2.07. The summed E-state index contributed by atoms with van der Waals surface area (Å²) in [4.78, 5) is 14.7. The molecule has 1 aromatic rings. The number of piperidine rings is 1. The lowest BCUT2D eigenvalue weighted by Crippen LogP contribution is -2.49. The van der Waals surface area contributed by atoms with Gasteiger partial charge in [-0.3, -0.25) is 4.79 Å². The summed E-state index contributed by atoms with van der Waals surface area (Å²) in [5.74, 6) is 0.159. The molecular weight excluding hydrogens is 248 g/mol. The van der Waals surface area contributed by atoms with Crippen LogP contribution in [0.3, 0.4) is 0 Å². The number of rotatable bonds is 3. The molecule has 2 rings (SSSR count). The molecule has 0 saturated carbocycles. The van der Waals surface area contributed by atoms with Crippen LogP contribution in [0.25, 0.3) is 0 Å². The molecule has 1 aliphatic heterocycles. The first-order chi connectivity index (χ1) is 9.52. The van der Waals surface area contributed by atoms with Crippen molar-refractivity contribution in [2.75, 3.05) is 6.54 Å². The molecule has 1 heterocycles. The van der Waals surface area contributed by atoms with E-state index >= 15 is 0 Å². The second-order valence-electron chi connectivity index (χ2n) is 5.98. The summed E-state index contributed by atoms with van der Waals surface area (Å²) < 4.78 is 0. The number of nitrogens with zero attached hydrogens (tertiary/aromatic N) is 1. The molecule has 0 unspecified atom stereocenters. The quantitative estimate of drug-likeness (QED) is 0.921. The molecule has 1 aliphatic rings. The predicted octanol–water partition coefficient (Wildman–Crippen LogP) is 2.69. The molecule has 20 heavy (non-hydrogen) atoms. The van der Waals surface area contributed by atoms with Crippen LogP contribution in [0.5, 0.6) is 0 Å². The zero-order valence-electron chi connectivity index (χ0n) is 12.8. The van der Waals surface area contributed by atoms with Crippen molar-refractivity contribution in [3.63, 3.8) is 0 Å². The minimum Gasteiger partial charge on any atom is -0.339 e. The highest BCUT2D eigenvalue weighted by atomic mass is 16.2. The van der Waals surface area contributed by atoms with Gasteiger partial charge in [-0.2, -0.15) is 0 Å². The highest BCUT2D eigenvalue weighted by Crippen LogP contribution is 2.24. The molecule has 0 spiro atoms. The van der Waals surface area contributed by atoms with Crippen molar-refractivity contribution in [1.82, 2.24) is 4.90 Å². The van der Waals surface area contributed by atoms with Gasteiger partial charge >= 0.3 is 0 Å². The Morgan fingerprint density at radius 3 is 2.60 bits per heavy atom. The standard InChI is InChI=1S/C17H26N2O/c1-4-14-5-7-15(8-6-14)13(3)17(20)19-10-9-16(18)11-12(19)2/h5-8,12-13,16H,4,9-11,18H2,1-3H3/t12-,13-,16-/m0/s1. The summed E-state index contributed by atoms with van der Waals surface area (Å²) in [6.45, 7) is 7.04. The third-order valence-electron chi connectivity index (χ3n) is 4.46. The molecule has 0 bridgehead atoms. The van der Waals surface area contributed by atoms with E-state index in [2.05, 4.69) is 38.1 Å². The Hall–Kier alpha value is -1.35. The van der Waals surface area contributed by atoms with Gasteiger partial charge in [0.25, 0.3) is 0 Å². The topological polar surface area (TPSA) is 46.3 Å². The minimum atomic E-state index is -0.0716. The third-order valence-corrected chi connectivity index (χ3v) is 4.46. The van der Waals surface area contributed by atoms with Gasteiger partial charge in [0.15, 0.2) is 0 Å². The molecule has 1 fully saturated rings. The van der Waals surface area contributed by atoms with Crippen LogP contribution in [0.4, 0.5) is 0 Å². The van der Waals surface area contributed by atoms with E-state index in [1.807, 2.05) is 11.8 Å². The second-order valence-corrected chi connectivity index (χ2v) is 5.98. The minimum absolute atomic E-state index is 0.0716. The Labute approximate surface area is 122 Å². The van der Waals surface area contributed by atoms with Crippen LogP contribution in [0.2, 0.25) is 0 Å². The van der Waals surface area contributed by atoms with Crippen LogP contribution in [-0.4, -0.2) is 29.4 Å². The average Bonchev–Trinajstić information content (AvgIpc) is 2.46. The van der Waals surface area contributed by atoms with Crippen LogP contribution in [-0.2, 0) is 11.2 Å². The fraction of sp³-hybridized carbons (Fsp3) is 0.588. The van der Waals surface area contributed by atoms with E-state index in [0.29, 0.717) is 0 Å². The van der Waals surface area contributed by atoms with E-state index in [-0.39, 0.29) is 23.9 Å². The molecule has 0 aliphatic carbocycles. The summed E-state index contributed by atoms with van der Waals surface area (Å²) in [6, 6.07) is 8.91. The molecule has 3 atom stereocenters. The van der Waals surface area contributed by atoms with Gasteiger partial charge in [0, 0.05) is 18.6 Å². The summed E-state index contributed by atoms with van der Waals surface area (Å²) in [5.41, 5.74) is 8.39. The second kappa shape index (κ2) is 6.40. The largest absolute Gasteiger partial charge is 0.339 e. The normalized spacial score (nSPS) is 24.5. The summed E-state index contributed by atoms with van der Waals surface area (Å²) in [5, 5.41) is 0. The van der Waals surface area contributed by atoms with E-state index < -0.39 is 0 Å². The molecule has 1 saturated heterocycles. The van der Waals surface area contributed by atoms with Crippen molar-refractivity contribution in [2.45, 2.75) is 58.0 Å². The van der Waals surface area contributed by atoms with Gasteiger partial charge in [-0.15, -0.1) is 0 Å². The summed E-state index contributed by atoms with van der Waals surface area (Å²) in [7, 11) is 0. The Morgan fingerprint density at radius 1 is 1.40 bits per heavy atom. The van der Waals surface area contributed by atoms with Crippen LogP contribution in [0, 0.1) is 0 Å². The first-order valence-corrected chi connectivity index (χ1v) is 7.67. The van der Waals surface area contributed by atoms with Crippen molar-refractivity contribution < 1.29 is 4.79 Å². The molecule has 1 amide bonds. The number of carbonyl (C=O) groups excluding carboxylic acids is 1. The maximum Gasteiger partial charge on any atom is 0.230 e. The van der Waals surface area contributed by atoms with Crippen LogP contribution in [0.1, 0.15) is 50.7 Å². The number of nitrogens with two attached hydrogens (primary N) is 1. The summed E-state index contributed by atoms with van der Waals surface area (Å²) >= 11 is 0. The molecular formula is C17H26N2O. The van der Waals surface area contributed by atoms with Gasteiger partial charge in [-0.05, 0) is 44.2 Å². The maximum absolute atomic E-state index is 12.7. The Morgan fingerprint density at radius 2 is 2.05 bits per heavy atom. The van der Waals surface area contributed by atoms with Crippen molar-refractivity contribution in [2.24, 2.45) is 5.73 Å². The lowest BCUT2D eigenvalue weighted by atomic mass is 9.94. The highest BCUT2D eigenvalue weighted by molar-refractivity contribution is 5.83. The van der Waals surface area contributed by atoms with E-state index in [4.69, 9.17) is 5.73 Å².